The zero-order chi connectivity index (χ0) is 8.27. The Morgan fingerprint density at radius 2 is 2.09 bits per heavy atom. The van der Waals surface area contributed by atoms with Crippen LogP contribution < -0.4 is 5.32 Å². The predicted octanol–water partition coefficient (Wildman–Crippen LogP) is 0.936. The van der Waals surface area contributed by atoms with Crippen molar-refractivity contribution in [3.63, 3.8) is 0 Å². The number of hydrogen-bond acceptors (Lipinski definition) is 2. The Morgan fingerprint density at radius 3 is 2.55 bits per heavy atom. The van der Waals surface area contributed by atoms with E-state index in [0.29, 0.717) is 6.04 Å². The molecule has 1 rings (SSSR count). The molecule has 0 radical (unpaired) electrons. The maximum Gasteiger partial charge on any atom is 0.00194 e. The standard InChI is InChI=1S/C9H20N2/c1-8(2)10-5-4-9-6-11(3)7-9/h8-10H,4-7H2,1-3H3. The lowest BCUT2D eigenvalue weighted by Crippen LogP contribution is -2.45. The van der Waals surface area contributed by atoms with Crippen LogP contribution in [0.15, 0.2) is 0 Å². The number of likely N-dealkylation sites (tertiary alicyclic amines) is 1. The Bertz CT molecular complexity index is 106. The van der Waals surface area contributed by atoms with E-state index in [1.165, 1.54) is 26.1 Å². The molecule has 0 amide bonds. The van der Waals surface area contributed by atoms with Gasteiger partial charge in [-0.2, -0.15) is 0 Å². The van der Waals surface area contributed by atoms with Crippen LogP contribution in [0.2, 0.25) is 0 Å². The Kier molecular flexibility index (Phi) is 3.34. The smallest absolute Gasteiger partial charge is 0.00194 e. The van der Waals surface area contributed by atoms with Crippen LogP contribution in [0.3, 0.4) is 0 Å². The largest absolute Gasteiger partial charge is 0.315 e. The molecule has 0 aromatic rings. The highest BCUT2D eigenvalue weighted by Gasteiger charge is 2.21. The maximum absolute atomic E-state index is 3.44. The summed E-state index contributed by atoms with van der Waals surface area (Å²) in [6.45, 7) is 8.20. The first-order valence-corrected chi connectivity index (χ1v) is 4.60. The van der Waals surface area contributed by atoms with Crippen LogP contribution in [0, 0.1) is 5.92 Å². The van der Waals surface area contributed by atoms with Gasteiger partial charge < -0.3 is 10.2 Å². The maximum atomic E-state index is 3.44. The van der Waals surface area contributed by atoms with Gasteiger partial charge in [0.05, 0.1) is 0 Å². The molecule has 1 fully saturated rings. The van der Waals surface area contributed by atoms with Gasteiger partial charge in [0, 0.05) is 19.1 Å². The minimum absolute atomic E-state index is 0.646. The Hall–Kier alpha value is -0.0800. The van der Waals surface area contributed by atoms with Gasteiger partial charge in [-0.05, 0) is 25.9 Å². The molecule has 1 heterocycles. The zero-order valence-corrected chi connectivity index (χ0v) is 7.93. The highest BCUT2D eigenvalue weighted by Crippen LogP contribution is 2.15. The average Bonchev–Trinajstić information content (AvgIpc) is 1.83. The van der Waals surface area contributed by atoms with Crippen molar-refractivity contribution in [1.82, 2.24) is 10.2 Å². The molecular weight excluding hydrogens is 136 g/mol. The molecule has 0 aliphatic carbocycles. The van der Waals surface area contributed by atoms with Gasteiger partial charge in [-0.15, -0.1) is 0 Å². The van der Waals surface area contributed by atoms with Crippen LogP contribution >= 0.6 is 0 Å². The molecule has 0 aromatic heterocycles. The second-order valence-corrected chi connectivity index (χ2v) is 3.98. The van der Waals surface area contributed by atoms with Crippen molar-refractivity contribution in [1.29, 1.82) is 0 Å². The van der Waals surface area contributed by atoms with Gasteiger partial charge in [0.25, 0.3) is 0 Å². The minimum Gasteiger partial charge on any atom is -0.315 e. The average molecular weight is 156 g/mol. The normalized spacial score (nSPS) is 20.7. The summed E-state index contributed by atoms with van der Waals surface area (Å²) in [5.74, 6) is 0.964. The molecule has 0 saturated carbocycles. The highest BCUT2D eigenvalue weighted by atomic mass is 15.2. The summed E-state index contributed by atoms with van der Waals surface area (Å²) in [5.41, 5.74) is 0. The van der Waals surface area contributed by atoms with Gasteiger partial charge in [-0.3, -0.25) is 0 Å². The molecule has 66 valence electrons. The molecule has 1 saturated heterocycles. The van der Waals surface area contributed by atoms with Crippen LogP contribution in [0.25, 0.3) is 0 Å². The second kappa shape index (κ2) is 4.07. The van der Waals surface area contributed by atoms with Gasteiger partial charge in [0.1, 0.15) is 0 Å². The molecule has 11 heavy (non-hydrogen) atoms. The molecule has 1 aliphatic heterocycles. The molecule has 0 bridgehead atoms. The van der Waals surface area contributed by atoms with Crippen LogP contribution in [-0.2, 0) is 0 Å². The lowest BCUT2D eigenvalue weighted by molar-refractivity contribution is 0.126. The summed E-state index contributed by atoms with van der Waals surface area (Å²) in [6.07, 6.45) is 1.35. The second-order valence-electron chi connectivity index (χ2n) is 3.98. The van der Waals surface area contributed by atoms with E-state index < -0.39 is 0 Å². The van der Waals surface area contributed by atoms with E-state index in [1.807, 2.05) is 0 Å². The molecule has 0 unspecified atom stereocenters. The third-order valence-corrected chi connectivity index (χ3v) is 2.24. The topological polar surface area (TPSA) is 15.3 Å². The van der Waals surface area contributed by atoms with Crippen molar-refractivity contribution >= 4 is 0 Å². The van der Waals surface area contributed by atoms with Crippen molar-refractivity contribution < 1.29 is 0 Å². The molecule has 2 nitrogen and oxygen atoms in total. The predicted molar refractivity (Wildman–Crippen MR) is 48.7 cm³/mol. The fourth-order valence-electron chi connectivity index (χ4n) is 1.59. The first-order valence-electron chi connectivity index (χ1n) is 4.60. The van der Waals surface area contributed by atoms with Crippen LogP contribution in [-0.4, -0.2) is 37.6 Å². The van der Waals surface area contributed by atoms with Gasteiger partial charge in [-0.25, -0.2) is 0 Å². The minimum atomic E-state index is 0.646. The van der Waals surface area contributed by atoms with Crippen molar-refractivity contribution in [2.24, 2.45) is 5.92 Å². The van der Waals surface area contributed by atoms with Crippen molar-refractivity contribution in [2.45, 2.75) is 26.3 Å². The fraction of sp³-hybridized carbons (Fsp3) is 1.00. The first-order chi connectivity index (χ1) is 5.18. The summed E-state index contributed by atoms with van der Waals surface area (Å²) in [7, 11) is 2.19. The molecule has 0 spiro atoms. The number of nitrogens with one attached hydrogen (secondary N) is 1. The van der Waals surface area contributed by atoms with E-state index in [4.69, 9.17) is 0 Å². The lowest BCUT2D eigenvalue weighted by Gasteiger charge is -2.36. The molecular formula is C9H20N2. The van der Waals surface area contributed by atoms with Gasteiger partial charge in [0.15, 0.2) is 0 Å². The first kappa shape index (κ1) is 9.01. The van der Waals surface area contributed by atoms with Crippen LogP contribution in [0.5, 0.6) is 0 Å². The van der Waals surface area contributed by atoms with E-state index >= 15 is 0 Å². The molecule has 2 heteroatoms. The Morgan fingerprint density at radius 1 is 1.45 bits per heavy atom. The van der Waals surface area contributed by atoms with Crippen molar-refractivity contribution in [3.05, 3.63) is 0 Å². The molecule has 1 N–H and O–H groups in total. The molecule has 0 atom stereocenters. The number of nitrogens with zero attached hydrogens (tertiary/aromatic N) is 1. The van der Waals surface area contributed by atoms with E-state index in [9.17, 15) is 0 Å². The fourth-order valence-corrected chi connectivity index (χ4v) is 1.59. The zero-order valence-electron chi connectivity index (χ0n) is 7.93. The van der Waals surface area contributed by atoms with Crippen LogP contribution in [0.4, 0.5) is 0 Å². The third kappa shape index (κ3) is 3.21. The van der Waals surface area contributed by atoms with E-state index in [-0.39, 0.29) is 0 Å². The van der Waals surface area contributed by atoms with Crippen LogP contribution in [0.1, 0.15) is 20.3 Å². The molecule has 0 aromatic carbocycles. The summed E-state index contributed by atoms with van der Waals surface area (Å²) in [5, 5.41) is 3.44. The van der Waals surface area contributed by atoms with Gasteiger partial charge in [-0.1, -0.05) is 13.8 Å². The summed E-state index contributed by atoms with van der Waals surface area (Å²) < 4.78 is 0. The quantitative estimate of drug-likeness (QED) is 0.651. The summed E-state index contributed by atoms with van der Waals surface area (Å²) in [6, 6.07) is 0.646. The Labute approximate surface area is 70.0 Å². The van der Waals surface area contributed by atoms with Crippen molar-refractivity contribution in [2.75, 3.05) is 26.7 Å². The Balaban J connectivity index is 1.89. The lowest BCUT2D eigenvalue weighted by atomic mass is 9.97. The number of rotatable bonds is 4. The van der Waals surface area contributed by atoms with E-state index in [1.54, 1.807) is 0 Å². The van der Waals surface area contributed by atoms with Crippen molar-refractivity contribution in [3.8, 4) is 0 Å². The van der Waals surface area contributed by atoms with Gasteiger partial charge in [0.2, 0.25) is 0 Å². The summed E-state index contributed by atoms with van der Waals surface area (Å²) in [4.78, 5) is 2.38. The third-order valence-electron chi connectivity index (χ3n) is 2.24. The molecule has 1 aliphatic rings. The SMILES string of the molecule is CC(C)NCCC1CN(C)C1. The number of hydrogen-bond donors (Lipinski definition) is 1. The van der Waals surface area contributed by atoms with E-state index in [0.717, 1.165) is 5.92 Å². The summed E-state index contributed by atoms with van der Waals surface area (Å²) >= 11 is 0. The monoisotopic (exact) mass is 156 g/mol. The highest BCUT2D eigenvalue weighted by molar-refractivity contribution is 4.77. The van der Waals surface area contributed by atoms with Gasteiger partial charge >= 0.3 is 0 Å². The van der Waals surface area contributed by atoms with E-state index in [2.05, 4.69) is 31.1 Å².